The van der Waals surface area contributed by atoms with Crippen LogP contribution in [-0.2, 0) is 0 Å². The van der Waals surface area contributed by atoms with Gasteiger partial charge in [-0.2, -0.15) is 4.39 Å². The van der Waals surface area contributed by atoms with Gasteiger partial charge in [-0.1, -0.05) is 25.3 Å². The maximum absolute atomic E-state index is 14.4. The largest absolute Gasteiger partial charge is 0.491 e. The number of benzene rings is 2. The van der Waals surface area contributed by atoms with E-state index in [4.69, 9.17) is 9.47 Å². The lowest BCUT2D eigenvalue weighted by Crippen LogP contribution is -2.16. The van der Waals surface area contributed by atoms with Crippen molar-refractivity contribution in [2.24, 2.45) is 5.92 Å². The summed E-state index contributed by atoms with van der Waals surface area (Å²) in [6, 6.07) is 4.29. The van der Waals surface area contributed by atoms with Crippen LogP contribution in [0.4, 0.5) is 13.2 Å². The standard InChI is InChI=1S/C19H21F3O2/c1-2-23-14-9-8-13-10-15(18(21)19(22)16(13)17(14)20)24-11-12-6-4-3-5-7-12/h8-10,12H,2-7,11H2,1H3. The number of hydrogen-bond acceptors (Lipinski definition) is 2. The zero-order chi connectivity index (χ0) is 17.1. The minimum atomic E-state index is -1.23. The predicted molar refractivity (Wildman–Crippen MR) is 87.1 cm³/mol. The zero-order valence-corrected chi connectivity index (χ0v) is 13.7. The second-order valence-electron chi connectivity index (χ2n) is 6.23. The van der Waals surface area contributed by atoms with E-state index in [1.807, 2.05) is 0 Å². The van der Waals surface area contributed by atoms with Gasteiger partial charge in [0.25, 0.3) is 0 Å². The van der Waals surface area contributed by atoms with Crippen LogP contribution in [0, 0.1) is 23.4 Å². The highest BCUT2D eigenvalue weighted by Gasteiger charge is 2.21. The van der Waals surface area contributed by atoms with E-state index in [2.05, 4.69) is 0 Å². The molecule has 2 aromatic carbocycles. The van der Waals surface area contributed by atoms with Crippen LogP contribution in [0.1, 0.15) is 39.0 Å². The third-order valence-electron chi connectivity index (χ3n) is 4.55. The SMILES string of the molecule is CCOc1ccc2cc(OCC3CCCCC3)c(F)c(F)c2c1F. The molecule has 2 aromatic rings. The number of fused-ring (bicyclic) bond motifs is 1. The Hall–Kier alpha value is -1.91. The number of ether oxygens (including phenoxy) is 2. The van der Waals surface area contributed by atoms with E-state index in [1.165, 1.54) is 24.6 Å². The van der Waals surface area contributed by atoms with Gasteiger partial charge in [-0.15, -0.1) is 0 Å². The Morgan fingerprint density at radius 3 is 2.38 bits per heavy atom. The summed E-state index contributed by atoms with van der Waals surface area (Å²) in [7, 11) is 0. The highest BCUT2D eigenvalue weighted by atomic mass is 19.2. The lowest BCUT2D eigenvalue weighted by Gasteiger charge is -2.22. The van der Waals surface area contributed by atoms with Crippen LogP contribution < -0.4 is 9.47 Å². The fraction of sp³-hybridized carbons (Fsp3) is 0.474. The summed E-state index contributed by atoms with van der Waals surface area (Å²) in [6.07, 6.45) is 5.60. The number of rotatable bonds is 5. The van der Waals surface area contributed by atoms with E-state index in [0.29, 0.717) is 12.5 Å². The van der Waals surface area contributed by atoms with Crippen LogP contribution >= 0.6 is 0 Å². The molecule has 0 atom stereocenters. The molecule has 0 aliphatic heterocycles. The van der Waals surface area contributed by atoms with Gasteiger partial charge in [-0.05, 0) is 43.2 Å². The van der Waals surface area contributed by atoms with Crippen LogP contribution in [-0.4, -0.2) is 13.2 Å². The van der Waals surface area contributed by atoms with E-state index in [9.17, 15) is 13.2 Å². The van der Waals surface area contributed by atoms with Crippen molar-refractivity contribution in [3.63, 3.8) is 0 Å². The van der Waals surface area contributed by atoms with Crippen molar-refractivity contribution in [2.45, 2.75) is 39.0 Å². The average Bonchev–Trinajstić information content (AvgIpc) is 2.60. The number of halogens is 3. The van der Waals surface area contributed by atoms with Gasteiger partial charge in [-0.3, -0.25) is 0 Å². The Bertz CT molecular complexity index is 724. The first-order chi connectivity index (χ1) is 11.6. The van der Waals surface area contributed by atoms with Crippen LogP contribution in [0.15, 0.2) is 18.2 Å². The van der Waals surface area contributed by atoms with E-state index in [0.717, 1.165) is 25.7 Å². The summed E-state index contributed by atoms with van der Waals surface area (Å²) in [4.78, 5) is 0. The van der Waals surface area contributed by atoms with Gasteiger partial charge in [0.15, 0.2) is 23.1 Å². The molecule has 0 N–H and O–H groups in total. The second kappa shape index (κ2) is 7.32. The molecular weight excluding hydrogens is 317 g/mol. The minimum absolute atomic E-state index is 0.0841. The van der Waals surface area contributed by atoms with E-state index in [-0.39, 0.29) is 23.5 Å². The van der Waals surface area contributed by atoms with Gasteiger partial charge < -0.3 is 9.47 Å². The molecule has 24 heavy (non-hydrogen) atoms. The Morgan fingerprint density at radius 2 is 1.67 bits per heavy atom. The molecule has 0 spiro atoms. The van der Waals surface area contributed by atoms with Crippen LogP contribution in [0.2, 0.25) is 0 Å². The summed E-state index contributed by atoms with van der Waals surface area (Å²) in [5.41, 5.74) is 0. The quantitative estimate of drug-likeness (QED) is 0.705. The molecule has 0 saturated heterocycles. The average molecular weight is 338 g/mol. The summed E-state index contributed by atoms with van der Waals surface area (Å²) >= 11 is 0. The minimum Gasteiger partial charge on any atom is -0.491 e. The van der Waals surface area contributed by atoms with E-state index >= 15 is 0 Å². The van der Waals surface area contributed by atoms with Crippen molar-refractivity contribution in [3.8, 4) is 11.5 Å². The monoisotopic (exact) mass is 338 g/mol. The maximum atomic E-state index is 14.4. The first kappa shape index (κ1) is 16.9. The molecule has 1 aliphatic rings. The first-order valence-electron chi connectivity index (χ1n) is 8.47. The fourth-order valence-corrected chi connectivity index (χ4v) is 3.27. The molecule has 1 aliphatic carbocycles. The highest BCUT2D eigenvalue weighted by Crippen LogP contribution is 2.34. The van der Waals surface area contributed by atoms with E-state index in [1.54, 1.807) is 6.92 Å². The van der Waals surface area contributed by atoms with Crippen molar-refractivity contribution in [1.29, 1.82) is 0 Å². The summed E-state index contributed by atoms with van der Waals surface area (Å²) < 4.78 is 53.6. The van der Waals surface area contributed by atoms with Crippen molar-refractivity contribution in [3.05, 3.63) is 35.7 Å². The zero-order valence-electron chi connectivity index (χ0n) is 13.7. The third-order valence-corrected chi connectivity index (χ3v) is 4.55. The molecule has 1 fully saturated rings. The summed E-state index contributed by atoms with van der Waals surface area (Å²) in [5, 5.41) is -0.142. The Morgan fingerprint density at radius 1 is 0.917 bits per heavy atom. The lowest BCUT2D eigenvalue weighted by atomic mass is 9.90. The van der Waals surface area contributed by atoms with Gasteiger partial charge in [-0.25, -0.2) is 8.78 Å². The molecule has 3 rings (SSSR count). The Kier molecular flexibility index (Phi) is 5.17. The molecule has 0 bridgehead atoms. The highest BCUT2D eigenvalue weighted by molar-refractivity contribution is 5.86. The molecule has 1 saturated carbocycles. The molecule has 0 unspecified atom stereocenters. The third kappa shape index (κ3) is 3.30. The molecule has 2 nitrogen and oxygen atoms in total. The number of hydrogen-bond donors (Lipinski definition) is 0. The lowest BCUT2D eigenvalue weighted by molar-refractivity contribution is 0.201. The maximum Gasteiger partial charge on any atom is 0.201 e. The second-order valence-corrected chi connectivity index (χ2v) is 6.23. The normalized spacial score (nSPS) is 15.7. The molecule has 130 valence electrons. The molecular formula is C19H21F3O2. The Labute approximate surface area is 139 Å². The van der Waals surface area contributed by atoms with Gasteiger partial charge in [0.05, 0.1) is 18.6 Å². The summed E-state index contributed by atoms with van der Waals surface area (Å²) in [5.74, 6) is -3.14. The molecule has 0 amide bonds. The molecule has 0 radical (unpaired) electrons. The van der Waals surface area contributed by atoms with Crippen LogP contribution in [0.5, 0.6) is 11.5 Å². The fourth-order valence-electron chi connectivity index (χ4n) is 3.27. The first-order valence-corrected chi connectivity index (χ1v) is 8.47. The predicted octanol–water partition coefficient (Wildman–Crippen LogP) is 5.61. The molecule has 0 aromatic heterocycles. The van der Waals surface area contributed by atoms with Gasteiger partial charge in [0.1, 0.15) is 0 Å². The summed E-state index contributed by atoms with van der Waals surface area (Å²) in [6.45, 7) is 2.30. The van der Waals surface area contributed by atoms with Crippen LogP contribution in [0.3, 0.4) is 0 Å². The van der Waals surface area contributed by atoms with Gasteiger partial charge >= 0.3 is 0 Å². The van der Waals surface area contributed by atoms with E-state index < -0.39 is 22.8 Å². The molecule has 0 heterocycles. The smallest absolute Gasteiger partial charge is 0.201 e. The van der Waals surface area contributed by atoms with Crippen molar-refractivity contribution in [1.82, 2.24) is 0 Å². The van der Waals surface area contributed by atoms with Gasteiger partial charge in [0.2, 0.25) is 5.82 Å². The van der Waals surface area contributed by atoms with Crippen molar-refractivity contribution in [2.75, 3.05) is 13.2 Å². The van der Waals surface area contributed by atoms with Crippen LogP contribution in [0.25, 0.3) is 10.8 Å². The van der Waals surface area contributed by atoms with Crippen molar-refractivity contribution < 1.29 is 22.6 Å². The van der Waals surface area contributed by atoms with Gasteiger partial charge in [0, 0.05) is 0 Å². The molecule has 5 heteroatoms. The Balaban J connectivity index is 1.89. The van der Waals surface area contributed by atoms with Crippen molar-refractivity contribution >= 4 is 10.8 Å². The topological polar surface area (TPSA) is 18.5 Å².